The summed E-state index contributed by atoms with van der Waals surface area (Å²) in [6, 6.07) is 3.92. The number of nitrogens with one attached hydrogen (secondary N) is 1. The van der Waals surface area contributed by atoms with Crippen molar-refractivity contribution in [1.82, 2.24) is 14.5 Å². The molecule has 0 bridgehead atoms. The number of morpholine rings is 1. The maximum absolute atomic E-state index is 10.9. The van der Waals surface area contributed by atoms with Crippen molar-refractivity contribution in [3.63, 3.8) is 0 Å². The highest BCUT2D eigenvalue weighted by molar-refractivity contribution is 5.52. The Balaban J connectivity index is 1.65. The van der Waals surface area contributed by atoms with E-state index in [2.05, 4.69) is 20.2 Å². The van der Waals surface area contributed by atoms with Crippen LogP contribution < -0.4 is 10.2 Å². The zero-order chi connectivity index (χ0) is 16.2. The predicted molar refractivity (Wildman–Crippen MR) is 84.5 cm³/mol. The van der Waals surface area contributed by atoms with Crippen LogP contribution in [0.4, 0.5) is 17.5 Å². The lowest BCUT2D eigenvalue weighted by Gasteiger charge is -2.27. The van der Waals surface area contributed by atoms with Crippen molar-refractivity contribution in [2.75, 3.05) is 36.5 Å². The Morgan fingerprint density at radius 3 is 2.78 bits per heavy atom. The van der Waals surface area contributed by atoms with Gasteiger partial charge in [0.1, 0.15) is 5.82 Å². The summed E-state index contributed by atoms with van der Waals surface area (Å²) in [5.74, 6) is 1.13. The van der Waals surface area contributed by atoms with E-state index in [4.69, 9.17) is 4.74 Å². The maximum atomic E-state index is 10.9. The molecule has 0 atom stereocenters. The van der Waals surface area contributed by atoms with E-state index in [1.165, 1.54) is 6.33 Å². The van der Waals surface area contributed by atoms with Crippen LogP contribution in [-0.2, 0) is 18.3 Å². The van der Waals surface area contributed by atoms with Gasteiger partial charge >= 0.3 is 5.82 Å². The average Bonchev–Trinajstić information content (AvgIpc) is 2.95. The van der Waals surface area contributed by atoms with Crippen LogP contribution in [0, 0.1) is 10.1 Å². The number of pyridine rings is 1. The van der Waals surface area contributed by atoms with Crippen LogP contribution in [0.5, 0.6) is 0 Å². The number of nitrogens with zero attached hydrogens (tertiary/aromatic N) is 5. The van der Waals surface area contributed by atoms with Crippen molar-refractivity contribution in [2.45, 2.75) is 6.54 Å². The van der Waals surface area contributed by atoms with Crippen LogP contribution in [0.25, 0.3) is 0 Å². The lowest BCUT2D eigenvalue weighted by atomic mass is 10.2. The summed E-state index contributed by atoms with van der Waals surface area (Å²) in [6.45, 7) is 3.55. The summed E-state index contributed by atoms with van der Waals surface area (Å²) < 4.78 is 6.91. The third-order valence-corrected chi connectivity index (χ3v) is 3.69. The van der Waals surface area contributed by atoms with Gasteiger partial charge < -0.3 is 25.1 Å². The minimum absolute atomic E-state index is 0.176. The Kier molecular flexibility index (Phi) is 4.38. The lowest BCUT2D eigenvalue weighted by Crippen LogP contribution is -2.36. The van der Waals surface area contributed by atoms with Crippen molar-refractivity contribution in [3.8, 4) is 0 Å². The smallest absolute Gasteiger partial charge is 0.378 e. The largest absolute Gasteiger partial charge is 0.406 e. The quantitative estimate of drug-likeness (QED) is 0.652. The van der Waals surface area contributed by atoms with Crippen molar-refractivity contribution < 1.29 is 9.66 Å². The highest BCUT2D eigenvalue weighted by Gasteiger charge is 2.19. The molecule has 0 amide bonds. The molecule has 1 N–H and O–H groups in total. The first kappa shape index (κ1) is 15.2. The fourth-order valence-electron chi connectivity index (χ4n) is 2.44. The van der Waals surface area contributed by atoms with Gasteiger partial charge in [0.25, 0.3) is 0 Å². The molecular formula is C14H18N6O3. The lowest BCUT2D eigenvalue weighted by molar-refractivity contribution is -0.388. The van der Waals surface area contributed by atoms with Crippen LogP contribution >= 0.6 is 0 Å². The Morgan fingerprint density at radius 2 is 2.13 bits per heavy atom. The van der Waals surface area contributed by atoms with Crippen molar-refractivity contribution in [2.24, 2.45) is 7.05 Å². The monoisotopic (exact) mass is 318 g/mol. The van der Waals surface area contributed by atoms with Gasteiger partial charge in [-0.25, -0.2) is 4.98 Å². The Bertz CT molecular complexity index is 678. The van der Waals surface area contributed by atoms with Crippen LogP contribution in [0.2, 0.25) is 0 Å². The molecule has 1 saturated heterocycles. The minimum atomic E-state index is -0.498. The summed E-state index contributed by atoms with van der Waals surface area (Å²) in [5, 5.41) is 14.0. The van der Waals surface area contributed by atoms with Crippen LogP contribution in [0.3, 0.4) is 0 Å². The molecule has 122 valence electrons. The first-order valence-corrected chi connectivity index (χ1v) is 7.32. The molecule has 0 aliphatic carbocycles. The number of hydrogen-bond donors (Lipinski definition) is 1. The third kappa shape index (κ3) is 3.39. The van der Waals surface area contributed by atoms with E-state index in [0.717, 1.165) is 37.7 Å². The van der Waals surface area contributed by atoms with E-state index in [9.17, 15) is 10.1 Å². The Labute approximate surface area is 133 Å². The molecule has 23 heavy (non-hydrogen) atoms. The van der Waals surface area contributed by atoms with E-state index in [0.29, 0.717) is 12.4 Å². The van der Waals surface area contributed by atoms with Crippen molar-refractivity contribution in [3.05, 3.63) is 40.3 Å². The molecule has 0 unspecified atom stereocenters. The summed E-state index contributed by atoms with van der Waals surface area (Å²) in [5.41, 5.74) is 0.942. The SMILES string of the molecule is Cn1cnc([N+](=O)[O-])c1NCc1ccc(N2CCOCC2)nc1. The molecule has 0 aromatic carbocycles. The molecule has 2 aromatic rings. The summed E-state index contributed by atoms with van der Waals surface area (Å²) >= 11 is 0. The first-order valence-electron chi connectivity index (χ1n) is 7.32. The standard InChI is InChI=1S/C14H18N6O3/c1-18-10-17-14(20(21)22)13(18)16-9-11-2-3-12(15-8-11)19-4-6-23-7-5-19/h2-3,8,10,16H,4-7,9H2,1H3. The third-order valence-electron chi connectivity index (χ3n) is 3.69. The van der Waals surface area contributed by atoms with E-state index in [1.54, 1.807) is 17.8 Å². The Morgan fingerprint density at radius 1 is 1.35 bits per heavy atom. The molecule has 1 aliphatic rings. The highest BCUT2D eigenvalue weighted by atomic mass is 16.6. The van der Waals surface area contributed by atoms with Gasteiger partial charge in [-0.2, -0.15) is 0 Å². The van der Waals surface area contributed by atoms with Gasteiger partial charge in [0.2, 0.25) is 12.1 Å². The second-order valence-electron chi connectivity index (χ2n) is 5.26. The van der Waals surface area contributed by atoms with Crippen LogP contribution in [0.15, 0.2) is 24.7 Å². The van der Waals surface area contributed by atoms with Gasteiger partial charge in [-0.05, 0) is 21.5 Å². The van der Waals surface area contributed by atoms with Crippen LogP contribution in [0.1, 0.15) is 5.56 Å². The van der Waals surface area contributed by atoms with Gasteiger partial charge in [-0.1, -0.05) is 6.07 Å². The molecule has 9 heteroatoms. The van der Waals surface area contributed by atoms with E-state index in [-0.39, 0.29) is 5.82 Å². The normalized spacial score (nSPS) is 14.7. The number of aromatic nitrogens is 3. The van der Waals surface area contributed by atoms with Crippen LogP contribution in [-0.4, -0.2) is 45.8 Å². The van der Waals surface area contributed by atoms with Gasteiger partial charge in [-0.15, -0.1) is 0 Å². The number of imidazole rings is 1. The second kappa shape index (κ2) is 6.61. The second-order valence-corrected chi connectivity index (χ2v) is 5.26. The Hall–Kier alpha value is -2.68. The van der Waals surface area contributed by atoms with Crippen molar-refractivity contribution >= 4 is 17.5 Å². The molecule has 0 spiro atoms. The molecule has 9 nitrogen and oxygen atoms in total. The fraction of sp³-hybridized carbons (Fsp3) is 0.429. The number of rotatable bonds is 5. The van der Waals surface area contributed by atoms with E-state index in [1.807, 2.05) is 12.1 Å². The molecule has 0 saturated carbocycles. The number of anilines is 2. The minimum Gasteiger partial charge on any atom is -0.378 e. The molecular weight excluding hydrogens is 300 g/mol. The fourth-order valence-corrected chi connectivity index (χ4v) is 2.44. The average molecular weight is 318 g/mol. The molecule has 3 heterocycles. The zero-order valence-corrected chi connectivity index (χ0v) is 12.8. The number of hydrogen-bond acceptors (Lipinski definition) is 7. The predicted octanol–water partition coefficient (Wildman–Crippen LogP) is 1.17. The van der Waals surface area contributed by atoms with Crippen molar-refractivity contribution in [1.29, 1.82) is 0 Å². The molecule has 1 aliphatic heterocycles. The zero-order valence-electron chi connectivity index (χ0n) is 12.8. The van der Waals surface area contributed by atoms with Gasteiger partial charge in [-0.3, -0.25) is 4.57 Å². The molecule has 0 radical (unpaired) electrons. The first-order chi connectivity index (χ1) is 11.1. The molecule has 1 fully saturated rings. The summed E-state index contributed by atoms with van der Waals surface area (Å²) in [6.07, 6.45) is 3.19. The summed E-state index contributed by atoms with van der Waals surface area (Å²) in [4.78, 5) is 20.8. The topological polar surface area (TPSA) is 98.3 Å². The van der Waals surface area contributed by atoms with Gasteiger partial charge in [0.05, 0.1) is 13.2 Å². The maximum Gasteiger partial charge on any atom is 0.406 e. The van der Waals surface area contributed by atoms with E-state index >= 15 is 0 Å². The summed E-state index contributed by atoms with van der Waals surface area (Å²) in [7, 11) is 1.71. The van der Waals surface area contributed by atoms with E-state index < -0.39 is 4.92 Å². The van der Waals surface area contributed by atoms with Gasteiger partial charge in [0, 0.05) is 32.9 Å². The highest BCUT2D eigenvalue weighted by Crippen LogP contribution is 2.22. The molecule has 3 rings (SSSR count). The molecule has 2 aromatic heterocycles. The number of nitro groups is 1. The van der Waals surface area contributed by atoms with Gasteiger partial charge in [0.15, 0.2) is 0 Å². The number of aryl methyl sites for hydroxylation is 1. The number of ether oxygens (including phenoxy) is 1.